The number of oxime groups is 1. The molecule has 0 bridgehead atoms. The van der Waals surface area contributed by atoms with Gasteiger partial charge in [-0.15, -0.1) is 6.58 Å². The molecule has 0 radical (unpaired) electrons. The lowest BCUT2D eigenvalue weighted by Crippen LogP contribution is -2.70. The average molecular weight is 882 g/mol. The Morgan fingerprint density at radius 1 is 0.953 bits per heavy atom. The van der Waals surface area contributed by atoms with E-state index in [4.69, 9.17) is 28.9 Å². The van der Waals surface area contributed by atoms with Crippen LogP contribution in [0.4, 0.5) is 5.69 Å². The van der Waals surface area contributed by atoms with E-state index in [1.54, 1.807) is 18.2 Å². The van der Waals surface area contributed by atoms with Crippen LogP contribution < -0.4 is 9.47 Å². The zero-order chi connectivity index (χ0) is 45.2. The molecule has 6 atom stereocenters. The monoisotopic (exact) mass is 881 g/mol. The summed E-state index contributed by atoms with van der Waals surface area (Å²) >= 11 is 0. The molecule has 3 aliphatic carbocycles. The highest BCUT2D eigenvalue weighted by atomic mass is 16.7. The number of nitro benzene ring substituents is 1. The first-order chi connectivity index (χ1) is 31.1. The fraction of sp³-hybridized carbons (Fsp3) is 0.520. The number of fused-ring (bicyclic) bond motifs is 2. The van der Waals surface area contributed by atoms with Gasteiger partial charge in [0, 0.05) is 55.7 Å². The number of amides is 1. The van der Waals surface area contributed by atoms with Gasteiger partial charge >= 0.3 is 0 Å². The summed E-state index contributed by atoms with van der Waals surface area (Å²) in [7, 11) is 0. The number of aryl methyl sites for hydroxylation is 2. The number of hydrogen-bond donors (Lipinski definition) is 3. The van der Waals surface area contributed by atoms with Crippen molar-refractivity contribution in [2.75, 3.05) is 46.2 Å². The van der Waals surface area contributed by atoms with Crippen molar-refractivity contribution in [3.05, 3.63) is 117 Å². The molecule has 4 aliphatic rings. The van der Waals surface area contributed by atoms with Gasteiger partial charge in [-0.1, -0.05) is 36.2 Å². The minimum atomic E-state index is -1.43. The summed E-state index contributed by atoms with van der Waals surface area (Å²) < 4.78 is 26.8. The number of rotatable bonds is 24. The topological polar surface area (TPSA) is 183 Å². The van der Waals surface area contributed by atoms with Crippen molar-refractivity contribution in [2.24, 2.45) is 28.8 Å². The number of non-ortho nitro benzene ring substituents is 1. The zero-order valence-corrected chi connectivity index (χ0v) is 37.1. The summed E-state index contributed by atoms with van der Waals surface area (Å²) in [5.74, 6) is -0.357. The Balaban J connectivity index is 1.41. The van der Waals surface area contributed by atoms with Crippen LogP contribution >= 0.6 is 0 Å². The number of nitrogens with zero attached hydrogens (tertiary/aromatic N) is 3. The van der Waals surface area contributed by atoms with Crippen molar-refractivity contribution < 1.29 is 48.8 Å². The minimum absolute atomic E-state index is 0.0201. The van der Waals surface area contributed by atoms with Crippen molar-refractivity contribution in [1.29, 1.82) is 0 Å². The summed E-state index contributed by atoms with van der Waals surface area (Å²) in [6.07, 6.45) is 10.2. The molecule has 2 saturated carbocycles. The second-order valence-corrected chi connectivity index (χ2v) is 17.5. The quantitative estimate of drug-likeness (QED) is 0.0342. The number of aliphatic hydroxyl groups is 3. The van der Waals surface area contributed by atoms with Crippen LogP contribution in [0.1, 0.15) is 86.0 Å². The largest absolute Gasteiger partial charge is 0.459 e. The molecule has 3 aromatic carbocycles. The van der Waals surface area contributed by atoms with E-state index in [0.717, 1.165) is 60.8 Å². The van der Waals surface area contributed by atoms with Crippen LogP contribution in [0, 0.1) is 47.6 Å². The molecule has 0 aromatic heterocycles. The van der Waals surface area contributed by atoms with Crippen molar-refractivity contribution in [1.82, 2.24) is 4.90 Å². The molecule has 1 heterocycles. The third-order valence-corrected chi connectivity index (χ3v) is 13.2. The van der Waals surface area contributed by atoms with Crippen molar-refractivity contribution in [3.63, 3.8) is 0 Å². The van der Waals surface area contributed by atoms with Gasteiger partial charge in [-0.05, 0) is 129 Å². The maximum atomic E-state index is 14.6. The first kappa shape index (κ1) is 46.9. The number of ether oxygens (including phenoxy) is 4. The normalized spacial score (nSPS) is 23.9. The maximum absolute atomic E-state index is 14.6. The van der Waals surface area contributed by atoms with Crippen LogP contribution in [0.5, 0.6) is 17.2 Å². The van der Waals surface area contributed by atoms with E-state index in [-0.39, 0.29) is 94.5 Å². The first-order valence-corrected chi connectivity index (χ1v) is 22.8. The summed E-state index contributed by atoms with van der Waals surface area (Å²) in [4.78, 5) is 33.6. The Hall–Kier alpha value is -5.12. The fourth-order valence-electron chi connectivity index (χ4n) is 9.84. The van der Waals surface area contributed by atoms with Gasteiger partial charge in [0.2, 0.25) is 11.7 Å². The predicted molar refractivity (Wildman–Crippen MR) is 241 cm³/mol. The van der Waals surface area contributed by atoms with Gasteiger partial charge in [-0.25, -0.2) is 0 Å². The van der Waals surface area contributed by atoms with Gasteiger partial charge in [0.25, 0.3) is 5.69 Å². The van der Waals surface area contributed by atoms with Crippen LogP contribution in [0.15, 0.2) is 90.1 Å². The molecule has 0 saturated heterocycles. The van der Waals surface area contributed by atoms with Gasteiger partial charge in [0.1, 0.15) is 29.9 Å². The molecule has 64 heavy (non-hydrogen) atoms. The van der Waals surface area contributed by atoms with Crippen LogP contribution in [0.25, 0.3) is 0 Å². The van der Waals surface area contributed by atoms with Crippen LogP contribution in [0.2, 0.25) is 0 Å². The Labute approximate surface area is 375 Å². The number of benzene rings is 3. The molecule has 0 spiro atoms. The van der Waals surface area contributed by atoms with E-state index in [1.807, 2.05) is 35.2 Å². The van der Waals surface area contributed by atoms with Crippen LogP contribution in [-0.4, -0.2) is 94.8 Å². The standard InChI is InChI=1S/C50H63N3O11/c1-4-25-61-50-46(52(21-26-60-27-24-56)49(57)36-14-15-36)31-44(51-62-32-35-12-16-38(17-13-35)53(58)59)42-29-37(9-5-7-22-54)41(10-6-8-23-55)47(48(42)50)43-30-40(19-20-45(43)64-50)63-39-18-11-33(2)34(3)28-39/h4,11-13,16-20,28-30,36-37,41,46-48,54-56H,1,5-10,14-15,21-27,31-32H2,2-3H3. The van der Waals surface area contributed by atoms with Crippen LogP contribution in [-0.2, 0) is 25.7 Å². The molecule has 3 N–H and O–H groups in total. The van der Waals surface area contributed by atoms with E-state index in [1.165, 1.54) is 12.1 Å². The smallest absolute Gasteiger partial charge is 0.269 e. The molecular weight excluding hydrogens is 819 g/mol. The zero-order valence-electron chi connectivity index (χ0n) is 37.1. The van der Waals surface area contributed by atoms with E-state index in [0.29, 0.717) is 41.4 Å². The second-order valence-electron chi connectivity index (χ2n) is 17.5. The lowest BCUT2D eigenvalue weighted by atomic mass is 9.55. The van der Waals surface area contributed by atoms with E-state index < -0.39 is 22.7 Å². The summed E-state index contributed by atoms with van der Waals surface area (Å²) in [6.45, 7) is 8.84. The third-order valence-electron chi connectivity index (χ3n) is 13.2. The lowest BCUT2D eigenvalue weighted by molar-refractivity contribution is -0.384. The highest BCUT2D eigenvalue weighted by Gasteiger charge is 2.66. The van der Waals surface area contributed by atoms with Gasteiger partial charge in [-0.3, -0.25) is 14.9 Å². The predicted octanol–water partition coefficient (Wildman–Crippen LogP) is 8.09. The highest BCUT2D eigenvalue weighted by Crippen LogP contribution is 2.62. The first-order valence-electron chi connectivity index (χ1n) is 22.8. The summed E-state index contributed by atoms with van der Waals surface area (Å²) in [5, 5.41) is 45.7. The second kappa shape index (κ2) is 21.7. The molecule has 1 aliphatic heterocycles. The molecule has 7 rings (SSSR count). The molecule has 14 heteroatoms. The van der Waals surface area contributed by atoms with E-state index >= 15 is 0 Å². The Kier molecular flexibility index (Phi) is 15.9. The van der Waals surface area contributed by atoms with Gasteiger partial charge in [0.15, 0.2) is 0 Å². The Bertz CT molecular complexity index is 2150. The summed E-state index contributed by atoms with van der Waals surface area (Å²) in [6, 6.07) is 17.4. The number of allylic oxidation sites excluding steroid dienone is 1. The summed E-state index contributed by atoms with van der Waals surface area (Å²) in [5.41, 5.74) is 5.42. The van der Waals surface area contributed by atoms with Gasteiger partial charge in [0.05, 0.1) is 43.0 Å². The molecular formula is C50H63N3O11. The van der Waals surface area contributed by atoms with Crippen LogP contribution in [0.3, 0.4) is 0 Å². The lowest BCUT2D eigenvalue weighted by Gasteiger charge is -2.60. The molecule has 1 amide bonds. The number of carbonyl (C=O) groups is 1. The van der Waals surface area contributed by atoms with Gasteiger partial charge in [-0.2, -0.15) is 0 Å². The minimum Gasteiger partial charge on any atom is -0.459 e. The molecule has 14 nitrogen and oxygen atoms in total. The number of hydrogen-bond acceptors (Lipinski definition) is 12. The highest BCUT2D eigenvalue weighted by molar-refractivity contribution is 6.03. The number of aliphatic hydroxyl groups excluding tert-OH is 3. The van der Waals surface area contributed by atoms with Crippen molar-refractivity contribution >= 4 is 17.3 Å². The third kappa shape index (κ3) is 10.5. The Morgan fingerprint density at radius 3 is 2.38 bits per heavy atom. The fourth-order valence-corrected chi connectivity index (χ4v) is 9.84. The molecule has 3 aromatic rings. The SMILES string of the molecule is C=CCOC12Oc3ccc(Oc4ccc(C)c(C)c4)cc3C3C(CCCCO)C(CCCCO)C=C(C(=NOCc4ccc([N+](=O)[O-])cc4)CC1N(CCOCCO)C(=O)C1CC1)C32. The van der Waals surface area contributed by atoms with E-state index in [9.17, 15) is 30.2 Å². The molecule has 2 fully saturated rings. The van der Waals surface area contributed by atoms with Gasteiger partial charge < -0.3 is 44.0 Å². The average Bonchev–Trinajstić information content (AvgIpc) is 4.15. The number of unbranched alkanes of at least 4 members (excludes halogenated alkanes) is 2. The number of nitro groups is 1. The number of carbonyl (C=O) groups excluding carboxylic acids is 1. The molecule has 6 unspecified atom stereocenters. The maximum Gasteiger partial charge on any atom is 0.269 e. The Morgan fingerprint density at radius 2 is 1.69 bits per heavy atom. The molecule has 344 valence electrons. The van der Waals surface area contributed by atoms with E-state index in [2.05, 4.69) is 32.6 Å². The van der Waals surface area contributed by atoms with Crippen molar-refractivity contribution in [2.45, 2.75) is 96.0 Å². The van der Waals surface area contributed by atoms with Crippen molar-refractivity contribution in [3.8, 4) is 17.2 Å².